The molecule has 3 rings (SSSR count). The fraction of sp³-hybridized carbons (Fsp3) is 0.542. The Morgan fingerprint density at radius 1 is 1.09 bits per heavy atom. The minimum atomic E-state index is 0.132. The van der Waals surface area contributed by atoms with Crippen LogP contribution in [0, 0.1) is 0 Å². The molecule has 2 aromatic rings. The van der Waals surface area contributed by atoms with Gasteiger partial charge in [-0.05, 0) is 69.9 Å². The van der Waals surface area contributed by atoms with Gasteiger partial charge in [-0.25, -0.2) is 0 Å². The van der Waals surface area contributed by atoms with Gasteiger partial charge in [0.1, 0.15) is 5.76 Å². The van der Waals surface area contributed by atoms with Crippen molar-refractivity contribution >= 4 is 5.96 Å². The van der Waals surface area contributed by atoms with E-state index >= 15 is 0 Å². The molecule has 2 heterocycles. The van der Waals surface area contributed by atoms with Gasteiger partial charge < -0.3 is 29.4 Å². The zero-order valence-corrected chi connectivity index (χ0v) is 19.9. The Hall–Kier alpha value is -2.71. The Morgan fingerprint density at radius 2 is 1.81 bits per heavy atom. The molecule has 8 heteroatoms. The van der Waals surface area contributed by atoms with Crippen LogP contribution in [-0.2, 0) is 0 Å². The summed E-state index contributed by atoms with van der Waals surface area (Å²) in [5.41, 5.74) is 1.14. The molecular weight excluding hydrogens is 406 g/mol. The van der Waals surface area contributed by atoms with Crippen LogP contribution in [0.4, 0.5) is 0 Å². The Labute approximate surface area is 191 Å². The maximum Gasteiger partial charge on any atom is 0.191 e. The van der Waals surface area contributed by atoms with E-state index in [1.807, 2.05) is 18.2 Å². The number of likely N-dealkylation sites (N-methyl/N-ethyl adjacent to an activating group) is 1. The van der Waals surface area contributed by atoms with E-state index in [4.69, 9.17) is 13.9 Å². The molecule has 8 nitrogen and oxygen atoms in total. The summed E-state index contributed by atoms with van der Waals surface area (Å²) in [6.07, 6.45) is 4.22. The summed E-state index contributed by atoms with van der Waals surface area (Å²) in [6, 6.07) is 10.4. The van der Waals surface area contributed by atoms with Crippen LogP contribution in [-0.4, -0.2) is 77.3 Å². The van der Waals surface area contributed by atoms with E-state index in [2.05, 4.69) is 51.7 Å². The smallest absolute Gasteiger partial charge is 0.191 e. The standard InChI is InChI=1S/C24H37N5O3/c1-25-24(27-17-20(21-9-8-14-32-21)29-12-6-7-13-29)26-16-19(28(2)3)18-10-11-22(30-4)23(15-18)31-5/h8-11,14-15,19-20H,6-7,12-13,16-17H2,1-5H3,(H2,25,26,27). The lowest BCUT2D eigenvalue weighted by Crippen LogP contribution is -2.45. The Bertz CT molecular complexity index is 847. The SMILES string of the molecule is CN=C(NCC(c1ccc(OC)c(OC)c1)N(C)C)NCC(c1ccco1)N1CCCC1. The molecule has 1 aromatic carbocycles. The van der Waals surface area contributed by atoms with E-state index in [1.165, 1.54) is 12.8 Å². The summed E-state index contributed by atoms with van der Waals surface area (Å²) in [5, 5.41) is 6.98. The molecular formula is C24H37N5O3. The second-order valence-electron chi connectivity index (χ2n) is 8.20. The van der Waals surface area contributed by atoms with E-state index < -0.39 is 0 Å². The average molecular weight is 444 g/mol. The van der Waals surface area contributed by atoms with E-state index in [1.54, 1.807) is 27.5 Å². The van der Waals surface area contributed by atoms with Gasteiger partial charge in [-0.2, -0.15) is 0 Å². The van der Waals surface area contributed by atoms with Crippen LogP contribution in [0.15, 0.2) is 46.0 Å². The number of aliphatic imine (C=N–C) groups is 1. The monoisotopic (exact) mass is 443 g/mol. The maximum absolute atomic E-state index is 5.73. The van der Waals surface area contributed by atoms with E-state index in [9.17, 15) is 0 Å². The van der Waals surface area contributed by atoms with Crippen LogP contribution in [0.1, 0.15) is 36.2 Å². The molecule has 2 unspecified atom stereocenters. The fourth-order valence-electron chi connectivity index (χ4n) is 4.21. The van der Waals surface area contributed by atoms with Gasteiger partial charge in [0.05, 0.1) is 32.6 Å². The predicted molar refractivity (Wildman–Crippen MR) is 128 cm³/mol. The van der Waals surface area contributed by atoms with Crippen LogP contribution in [0.3, 0.4) is 0 Å². The minimum absolute atomic E-state index is 0.132. The largest absolute Gasteiger partial charge is 0.493 e. The minimum Gasteiger partial charge on any atom is -0.493 e. The third kappa shape index (κ3) is 5.95. The molecule has 1 aliphatic rings. The maximum atomic E-state index is 5.73. The van der Waals surface area contributed by atoms with Crippen molar-refractivity contribution in [2.24, 2.45) is 4.99 Å². The lowest BCUT2D eigenvalue weighted by atomic mass is 10.1. The van der Waals surface area contributed by atoms with Gasteiger partial charge in [0, 0.05) is 20.1 Å². The van der Waals surface area contributed by atoms with Crippen LogP contribution in [0.25, 0.3) is 0 Å². The van der Waals surface area contributed by atoms with Gasteiger partial charge in [0.25, 0.3) is 0 Å². The van der Waals surface area contributed by atoms with Crippen molar-refractivity contribution in [3.8, 4) is 11.5 Å². The molecule has 1 aliphatic heterocycles. The number of nitrogens with zero attached hydrogens (tertiary/aromatic N) is 3. The van der Waals surface area contributed by atoms with Crippen molar-refractivity contribution in [2.45, 2.75) is 24.9 Å². The topological polar surface area (TPSA) is 74.5 Å². The molecule has 0 bridgehead atoms. The van der Waals surface area contributed by atoms with Crippen molar-refractivity contribution in [1.82, 2.24) is 20.4 Å². The van der Waals surface area contributed by atoms with Gasteiger partial charge >= 0.3 is 0 Å². The Kier molecular flexibility index (Phi) is 8.81. The van der Waals surface area contributed by atoms with Crippen LogP contribution >= 0.6 is 0 Å². The molecule has 0 amide bonds. The van der Waals surface area contributed by atoms with E-state index in [-0.39, 0.29) is 12.1 Å². The van der Waals surface area contributed by atoms with Gasteiger partial charge in [-0.15, -0.1) is 0 Å². The van der Waals surface area contributed by atoms with Gasteiger partial charge in [0.15, 0.2) is 17.5 Å². The quantitative estimate of drug-likeness (QED) is 0.432. The summed E-state index contributed by atoms with van der Waals surface area (Å²) in [5.74, 6) is 3.22. The number of furan rings is 1. The number of methoxy groups -OCH3 is 2. The van der Waals surface area contributed by atoms with Crippen molar-refractivity contribution in [1.29, 1.82) is 0 Å². The summed E-state index contributed by atoms with van der Waals surface area (Å²) in [6.45, 7) is 3.62. The summed E-state index contributed by atoms with van der Waals surface area (Å²) >= 11 is 0. The third-order valence-corrected chi connectivity index (χ3v) is 6.02. The fourth-order valence-corrected chi connectivity index (χ4v) is 4.21. The van der Waals surface area contributed by atoms with E-state index in [0.717, 1.165) is 48.4 Å². The zero-order chi connectivity index (χ0) is 22.9. The molecule has 0 saturated carbocycles. The molecule has 0 aliphatic carbocycles. The Balaban J connectivity index is 1.63. The number of nitrogens with one attached hydrogen (secondary N) is 2. The first-order valence-electron chi connectivity index (χ1n) is 11.2. The van der Waals surface area contributed by atoms with Crippen LogP contribution in [0.5, 0.6) is 11.5 Å². The number of hydrogen-bond acceptors (Lipinski definition) is 6. The molecule has 176 valence electrons. The van der Waals surface area contributed by atoms with Crippen LogP contribution in [0.2, 0.25) is 0 Å². The molecule has 0 radical (unpaired) electrons. The first kappa shape index (κ1) is 23.9. The summed E-state index contributed by atoms with van der Waals surface area (Å²) in [7, 11) is 9.25. The number of hydrogen-bond donors (Lipinski definition) is 2. The first-order valence-corrected chi connectivity index (χ1v) is 11.2. The van der Waals surface area contributed by atoms with Crippen LogP contribution < -0.4 is 20.1 Å². The number of rotatable bonds is 10. The highest BCUT2D eigenvalue weighted by atomic mass is 16.5. The average Bonchev–Trinajstić information content (AvgIpc) is 3.52. The van der Waals surface area contributed by atoms with Crippen molar-refractivity contribution in [2.75, 3.05) is 61.5 Å². The molecule has 1 saturated heterocycles. The molecule has 32 heavy (non-hydrogen) atoms. The Morgan fingerprint density at radius 3 is 2.41 bits per heavy atom. The summed E-state index contributed by atoms with van der Waals surface area (Å²) < 4.78 is 16.6. The van der Waals surface area contributed by atoms with Gasteiger partial charge in [0.2, 0.25) is 0 Å². The van der Waals surface area contributed by atoms with Crippen molar-refractivity contribution in [3.63, 3.8) is 0 Å². The lowest BCUT2D eigenvalue weighted by molar-refractivity contribution is 0.215. The third-order valence-electron chi connectivity index (χ3n) is 6.02. The number of guanidine groups is 1. The highest BCUT2D eigenvalue weighted by molar-refractivity contribution is 5.79. The van der Waals surface area contributed by atoms with Crippen molar-refractivity contribution < 1.29 is 13.9 Å². The highest BCUT2D eigenvalue weighted by Crippen LogP contribution is 2.31. The molecule has 0 spiro atoms. The lowest BCUT2D eigenvalue weighted by Gasteiger charge is -2.28. The molecule has 2 atom stereocenters. The molecule has 2 N–H and O–H groups in total. The van der Waals surface area contributed by atoms with Gasteiger partial charge in [-0.1, -0.05) is 6.07 Å². The predicted octanol–water partition coefficient (Wildman–Crippen LogP) is 2.90. The van der Waals surface area contributed by atoms with E-state index in [0.29, 0.717) is 6.54 Å². The second-order valence-corrected chi connectivity index (χ2v) is 8.20. The number of ether oxygens (including phenoxy) is 2. The summed E-state index contributed by atoms with van der Waals surface area (Å²) in [4.78, 5) is 9.09. The second kappa shape index (κ2) is 11.8. The van der Waals surface area contributed by atoms with Crippen molar-refractivity contribution in [3.05, 3.63) is 47.9 Å². The van der Waals surface area contributed by atoms with Gasteiger partial charge in [-0.3, -0.25) is 9.89 Å². The normalized spacial score (nSPS) is 16.8. The molecule has 1 aromatic heterocycles. The highest BCUT2D eigenvalue weighted by Gasteiger charge is 2.26. The first-order chi connectivity index (χ1) is 15.6. The molecule has 1 fully saturated rings. The number of benzene rings is 1. The number of likely N-dealkylation sites (tertiary alicyclic amines) is 1. The zero-order valence-electron chi connectivity index (χ0n) is 19.9.